The van der Waals surface area contributed by atoms with Gasteiger partial charge in [0.25, 0.3) is 0 Å². The Hall–Kier alpha value is -0.0800. The first kappa shape index (κ1) is 13.0. The second-order valence-corrected chi connectivity index (χ2v) is 4.94. The Balaban J connectivity index is 2.27. The van der Waals surface area contributed by atoms with E-state index in [1.54, 1.807) is 0 Å². The molecule has 0 aromatic rings. The zero-order valence-corrected chi connectivity index (χ0v) is 10.8. The highest BCUT2D eigenvalue weighted by molar-refractivity contribution is 4.77. The standard InChI is InChI=1S/C13H28N2/c1-4-8-13(5-2)15(3)11-12-9-6-7-10-14-12/h12-14H,4-11H2,1-3H3. The van der Waals surface area contributed by atoms with Gasteiger partial charge in [0.05, 0.1) is 0 Å². The number of hydrogen-bond donors (Lipinski definition) is 1. The largest absolute Gasteiger partial charge is 0.313 e. The van der Waals surface area contributed by atoms with Crippen molar-refractivity contribution < 1.29 is 0 Å². The van der Waals surface area contributed by atoms with Crippen molar-refractivity contribution in [1.29, 1.82) is 0 Å². The van der Waals surface area contributed by atoms with Gasteiger partial charge in [0.2, 0.25) is 0 Å². The summed E-state index contributed by atoms with van der Waals surface area (Å²) in [5.74, 6) is 0. The summed E-state index contributed by atoms with van der Waals surface area (Å²) in [6.07, 6.45) is 8.09. The molecular weight excluding hydrogens is 184 g/mol. The van der Waals surface area contributed by atoms with E-state index in [0.29, 0.717) is 0 Å². The first-order valence-corrected chi connectivity index (χ1v) is 6.71. The Morgan fingerprint density at radius 2 is 2.13 bits per heavy atom. The van der Waals surface area contributed by atoms with Crippen LogP contribution in [0, 0.1) is 0 Å². The van der Waals surface area contributed by atoms with Crippen LogP contribution < -0.4 is 5.32 Å². The third kappa shape index (κ3) is 4.52. The molecule has 0 saturated carbocycles. The van der Waals surface area contributed by atoms with Crippen molar-refractivity contribution in [3.63, 3.8) is 0 Å². The lowest BCUT2D eigenvalue weighted by Crippen LogP contribution is -2.45. The lowest BCUT2D eigenvalue weighted by atomic mass is 10.0. The summed E-state index contributed by atoms with van der Waals surface area (Å²) in [6, 6.07) is 1.54. The summed E-state index contributed by atoms with van der Waals surface area (Å²) in [5, 5.41) is 3.63. The number of rotatable bonds is 6. The van der Waals surface area contributed by atoms with E-state index in [-0.39, 0.29) is 0 Å². The highest BCUT2D eigenvalue weighted by Gasteiger charge is 2.18. The number of nitrogens with zero attached hydrogens (tertiary/aromatic N) is 1. The zero-order valence-electron chi connectivity index (χ0n) is 10.8. The summed E-state index contributed by atoms with van der Waals surface area (Å²) >= 11 is 0. The Labute approximate surface area is 95.4 Å². The summed E-state index contributed by atoms with van der Waals surface area (Å²) in [4.78, 5) is 2.56. The van der Waals surface area contributed by atoms with Crippen LogP contribution in [0.4, 0.5) is 0 Å². The van der Waals surface area contributed by atoms with Crippen LogP contribution >= 0.6 is 0 Å². The summed E-state index contributed by atoms with van der Waals surface area (Å²) in [6.45, 7) is 7.06. The van der Waals surface area contributed by atoms with Crippen LogP contribution in [-0.2, 0) is 0 Å². The molecule has 1 rings (SSSR count). The highest BCUT2D eigenvalue weighted by atomic mass is 15.2. The highest BCUT2D eigenvalue weighted by Crippen LogP contribution is 2.13. The van der Waals surface area contributed by atoms with E-state index in [2.05, 4.69) is 31.1 Å². The lowest BCUT2D eigenvalue weighted by Gasteiger charge is -2.33. The minimum Gasteiger partial charge on any atom is -0.313 e. The van der Waals surface area contributed by atoms with Crippen LogP contribution in [0.1, 0.15) is 52.4 Å². The third-order valence-electron chi connectivity index (χ3n) is 3.64. The van der Waals surface area contributed by atoms with Crippen molar-refractivity contribution in [3.8, 4) is 0 Å². The molecule has 0 radical (unpaired) electrons. The van der Waals surface area contributed by atoms with Crippen molar-refractivity contribution in [2.24, 2.45) is 0 Å². The fourth-order valence-corrected chi connectivity index (χ4v) is 2.65. The number of nitrogens with one attached hydrogen (secondary N) is 1. The first-order chi connectivity index (χ1) is 7.27. The monoisotopic (exact) mass is 212 g/mol. The maximum atomic E-state index is 3.63. The van der Waals surface area contributed by atoms with Gasteiger partial charge in [-0.2, -0.15) is 0 Å². The average Bonchev–Trinajstić information content (AvgIpc) is 2.27. The van der Waals surface area contributed by atoms with Gasteiger partial charge in [-0.05, 0) is 39.3 Å². The molecular formula is C13H28N2. The maximum Gasteiger partial charge on any atom is 0.0195 e. The van der Waals surface area contributed by atoms with Gasteiger partial charge in [-0.1, -0.05) is 26.7 Å². The molecule has 1 aliphatic rings. The normalized spacial score (nSPS) is 24.4. The van der Waals surface area contributed by atoms with Crippen LogP contribution in [0.5, 0.6) is 0 Å². The fraction of sp³-hybridized carbons (Fsp3) is 1.00. The van der Waals surface area contributed by atoms with Crippen molar-refractivity contribution in [2.75, 3.05) is 20.1 Å². The van der Waals surface area contributed by atoms with Crippen LogP contribution in [0.3, 0.4) is 0 Å². The molecule has 1 fully saturated rings. The Morgan fingerprint density at radius 1 is 1.33 bits per heavy atom. The first-order valence-electron chi connectivity index (χ1n) is 6.71. The van der Waals surface area contributed by atoms with Crippen molar-refractivity contribution in [3.05, 3.63) is 0 Å². The van der Waals surface area contributed by atoms with Crippen LogP contribution in [-0.4, -0.2) is 37.1 Å². The topological polar surface area (TPSA) is 15.3 Å². The molecule has 1 N–H and O–H groups in total. The molecule has 15 heavy (non-hydrogen) atoms. The summed E-state index contributed by atoms with van der Waals surface area (Å²) in [7, 11) is 2.29. The lowest BCUT2D eigenvalue weighted by molar-refractivity contribution is 0.188. The Bertz CT molecular complexity index is 153. The smallest absolute Gasteiger partial charge is 0.0195 e. The number of piperidine rings is 1. The predicted molar refractivity (Wildman–Crippen MR) is 67.3 cm³/mol. The number of likely N-dealkylation sites (N-methyl/N-ethyl adjacent to an activating group) is 1. The van der Waals surface area contributed by atoms with Crippen molar-refractivity contribution >= 4 is 0 Å². The molecule has 1 saturated heterocycles. The van der Waals surface area contributed by atoms with Gasteiger partial charge in [-0.15, -0.1) is 0 Å². The van der Waals surface area contributed by atoms with E-state index in [4.69, 9.17) is 0 Å². The van der Waals surface area contributed by atoms with Gasteiger partial charge < -0.3 is 10.2 Å². The van der Waals surface area contributed by atoms with Gasteiger partial charge in [-0.3, -0.25) is 0 Å². The van der Waals surface area contributed by atoms with Crippen molar-refractivity contribution in [1.82, 2.24) is 10.2 Å². The number of hydrogen-bond acceptors (Lipinski definition) is 2. The molecule has 2 atom stereocenters. The van der Waals surface area contributed by atoms with E-state index in [1.165, 1.54) is 51.6 Å². The van der Waals surface area contributed by atoms with E-state index in [0.717, 1.165) is 12.1 Å². The minimum absolute atomic E-state index is 0.745. The molecule has 2 nitrogen and oxygen atoms in total. The van der Waals surface area contributed by atoms with Gasteiger partial charge >= 0.3 is 0 Å². The molecule has 0 amide bonds. The van der Waals surface area contributed by atoms with Crippen molar-refractivity contribution in [2.45, 2.75) is 64.5 Å². The van der Waals surface area contributed by atoms with Crippen LogP contribution in [0.15, 0.2) is 0 Å². The maximum absolute atomic E-state index is 3.63. The molecule has 0 aliphatic carbocycles. The Kier molecular flexibility index (Phi) is 6.26. The van der Waals surface area contributed by atoms with Gasteiger partial charge in [0, 0.05) is 18.6 Å². The SMILES string of the molecule is CCCC(CC)N(C)CC1CCCCN1. The van der Waals surface area contributed by atoms with Gasteiger partial charge in [-0.25, -0.2) is 0 Å². The molecule has 0 aromatic heterocycles. The van der Waals surface area contributed by atoms with Gasteiger partial charge in [0.15, 0.2) is 0 Å². The summed E-state index contributed by atoms with van der Waals surface area (Å²) in [5.41, 5.74) is 0. The molecule has 0 bridgehead atoms. The van der Waals surface area contributed by atoms with E-state index in [1.807, 2.05) is 0 Å². The van der Waals surface area contributed by atoms with E-state index in [9.17, 15) is 0 Å². The molecule has 0 aromatic carbocycles. The van der Waals surface area contributed by atoms with Crippen LogP contribution in [0.25, 0.3) is 0 Å². The van der Waals surface area contributed by atoms with E-state index >= 15 is 0 Å². The zero-order chi connectivity index (χ0) is 11.1. The second kappa shape index (κ2) is 7.24. The van der Waals surface area contributed by atoms with E-state index < -0.39 is 0 Å². The molecule has 90 valence electrons. The van der Waals surface area contributed by atoms with Crippen LogP contribution in [0.2, 0.25) is 0 Å². The summed E-state index contributed by atoms with van der Waals surface area (Å²) < 4.78 is 0. The molecule has 1 aliphatic heterocycles. The molecule has 1 heterocycles. The molecule has 2 unspecified atom stereocenters. The quantitative estimate of drug-likeness (QED) is 0.728. The molecule has 0 spiro atoms. The third-order valence-corrected chi connectivity index (χ3v) is 3.64. The van der Waals surface area contributed by atoms with Gasteiger partial charge in [0.1, 0.15) is 0 Å². The predicted octanol–water partition coefficient (Wildman–Crippen LogP) is 2.64. The minimum atomic E-state index is 0.745. The molecule has 2 heteroatoms. The average molecular weight is 212 g/mol. The Morgan fingerprint density at radius 3 is 2.67 bits per heavy atom. The fourth-order valence-electron chi connectivity index (χ4n) is 2.65. The second-order valence-electron chi connectivity index (χ2n) is 4.94.